The van der Waals surface area contributed by atoms with Gasteiger partial charge in [-0.25, -0.2) is 4.39 Å². The average molecular weight is 309 g/mol. The highest BCUT2D eigenvalue weighted by Gasteiger charge is 2.32. The van der Waals surface area contributed by atoms with Gasteiger partial charge in [0.15, 0.2) is 0 Å². The minimum atomic E-state index is -4.70. The Bertz CT molecular complexity index is 619. The highest BCUT2D eigenvalue weighted by molar-refractivity contribution is 6.31. The zero-order valence-electron chi connectivity index (χ0n) is 10.1. The Morgan fingerprint density at radius 1 is 1.30 bits per heavy atom. The van der Waals surface area contributed by atoms with Crippen LogP contribution in [0, 0.1) is 5.82 Å². The lowest BCUT2D eigenvalue weighted by Crippen LogP contribution is -2.11. The number of aromatic nitrogens is 2. The molecule has 1 unspecified atom stereocenters. The van der Waals surface area contributed by atoms with Crippen LogP contribution in [0.1, 0.15) is 22.9 Å². The fourth-order valence-corrected chi connectivity index (χ4v) is 2.09. The topological polar surface area (TPSA) is 38.0 Å². The lowest BCUT2D eigenvalue weighted by Gasteiger charge is -2.15. The molecule has 1 heterocycles. The van der Waals surface area contributed by atoms with Crippen molar-refractivity contribution in [2.75, 3.05) is 0 Å². The van der Waals surface area contributed by atoms with Crippen LogP contribution in [0.15, 0.2) is 24.4 Å². The lowest BCUT2D eigenvalue weighted by molar-refractivity contribution is -0.137. The van der Waals surface area contributed by atoms with Gasteiger partial charge in [0.2, 0.25) is 0 Å². The maximum absolute atomic E-state index is 13.3. The van der Waals surface area contributed by atoms with Crippen LogP contribution in [0.4, 0.5) is 17.6 Å². The molecule has 20 heavy (non-hydrogen) atoms. The maximum Gasteiger partial charge on any atom is 0.416 e. The Hall–Kier alpha value is -1.60. The smallest absolute Gasteiger partial charge is 0.382 e. The molecule has 2 aromatic rings. The largest absolute Gasteiger partial charge is 0.416 e. The Balaban J connectivity index is 2.50. The molecular formula is C12H9ClF4N2O. The van der Waals surface area contributed by atoms with E-state index >= 15 is 0 Å². The number of rotatable bonds is 2. The van der Waals surface area contributed by atoms with E-state index < -0.39 is 23.7 Å². The number of aliphatic hydroxyl groups excluding tert-OH is 1. The average Bonchev–Trinajstić information content (AvgIpc) is 2.66. The first kappa shape index (κ1) is 14.8. The molecule has 0 spiro atoms. The summed E-state index contributed by atoms with van der Waals surface area (Å²) in [6.45, 7) is 0. The molecule has 0 saturated carbocycles. The van der Waals surface area contributed by atoms with Crippen LogP contribution >= 0.6 is 11.6 Å². The van der Waals surface area contributed by atoms with Gasteiger partial charge in [0.05, 0.1) is 22.5 Å². The number of alkyl halides is 3. The molecule has 0 aliphatic rings. The van der Waals surface area contributed by atoms with Gasteiger partial charge in [-0.1, -0.05) is 11.6 Å². The van der Waals surface area contributed by atoms with E-state index in [4.69, 9.17) is 11.6 Å². The number of benzene rings is 1. The van der Waals surface area contributed by atoms with E-state index in [1.54, 1.807) is 0 Å². The van der Waals surface area contributed by atoms with Crippen molar-refractivity contribution in [2.24, 2.45) is 7.05 Å². The fraction of sp³-hybridized carbons (Fsp3) is 0.250. The van der Waals surface area contributed by atoms with E-state index in [1.165, 1.54) is 17.9 Å². The second kappa shape index (κ2) is 5.06. The van der Waals surface area contributed by atoms with Crippen LogP contribution in [0.3, 0.4) is 0 Å². The molecule has 0 amide bonds. The molecule has 0 fully saturated rings. The van der Waals surface area contributed by atoms with Crippen LogP contribution in [0.2, 0.25) is 5.02 Å². The second-order valence-electron chi connectivity index (χ2n) is 4.17. The van der Waals surface area contributed by atoms with Crippen molar-refractivity contribution in [1.29, 1.82) is 0 Å². The third-order valence-electron chi connectivity index (χ3n) is 2.76. The van der Waals surface area contributed by atoms with Crippen molar-refractivity contribution in [3.63, 3.8) is 0 Å². The predicted octanol–water partition coefficient (Wildman–Crippen LogP) is 3.31. The van der Waals surface area contributed by atoms with Gasteiger partial charge in [0, 0.05) is 7.05 Å². The van der Waals surface area contributed by atoms with E-state index in [0.717, 1.165) is 6.07 Å². The summed E-state index contributed by atoms with van der Waals surface area (Å²) in [6.07, 6.45) is -4.97. The van der Waals surface area contributed by atoms with Crippen LogP contribution < -0.4 is 0 Å². The van der Waals surface area contributed by atoms with Crippen LogP contribution in [-0.2, 0) is 13.2 Å². The monoisotopic (exact) mass is 308 g/mol. The number of aliphatic hydroxyl groups is 1. The fourth-order valence-electron chi connectivity index (χ4n) is 1.82. The van der Waals surface area contributed by atoms with Crippen molar-refractivity contribution < 1.29 is 22.7 Å². The zero-order valence-corrected chi connectivity index (χ0v) is 10.9. The molecule has 1 aromatic carbocycles. The number of hydrogen-bond acceptors (Lipinski definition) is 2. The molecule has 0 saturated heterocycles. The van der Waals surface area contributed by atoms with Crippen molar-refractivity contribution in [3.8, 4) is 0 Å². The molecule has 2 rings (SSSR count). The van der Waals surface area contributed by atoms with Gasteiger partial charge >= 0.3 is 6.18 Å². The maximum atomic E-state index is 13.3. The zero-order chi connectivity index (χ0) is 15.1. The Morgan fingerprint density at radius 2 is 1.95 bits per heavy atom. The molecule has 0 aliphatic heterocycles. The molecule has 108 valence electrons. The first-order chi connectivity index (χ1) is 9.20. The first-order valence-corrected chi connectivity index (χ1v) is 5.81. The number of hydrogen-bond donors (Lipinski definition) is 1. The summed E-state index contributed by atoms with van der Waals surface area (Å²) in [5.74, 6) is -1.09. The van der Waals surface area contributed by atoms with Crippen LogP contribution in [-0.4, -0.2) is 14.9 Å². The summed E-state index contributed by atoms with van der Waals surface area (Å²) in [5.41, 5.74) is -1.34. The molecule has 3 nitrogen and oxygen atoms in total. The van der Waals surface area contributed by atoms with E-state index in [9.17, 15) is 22.7 Å². The molecule has 0 radical (unpaired) electrons. The summed E-state index contributed by atoms with van der Waals surface area (Å²) in [5, 5.41) is 13.9. The minimum Gasteiger partial charge on any atom is -0.382 e. The first-order valence-electron chi connectivity index (χ1n) is 5.43. The minimum absolute atomic E-state index is 0.0813. The Labute approximate surface area is 116 Å². The quantitative estimate of drug-likeness (QED) is 0.864. The molecule has 1 aromatic heterocycles. The third kappa shape index (κ3) is 2.78. The SMILES string of the molecule is Cn1ncc(Cl)c1C(O)c1cc(F)cc(C(F)(F)F)c1. The standard InChI is InChI=1S/C12H9ClF4N2O/c1-19-10(9(13)5-18-19)11(20)6-2-7(12(15,16)17)4-8(14)3-6/h2-5,11,20H,1H3. The van der Waals surface area contributed by atoms with E-state index in [-0.39, 0.29) is 16.3 Å². The van der Waals surface area contributed by atoms with Gasteiger partial charge in [-0.3, -0.25) is 4.68 Å². The normalized spacial score (nSPS) is 13.6. The van der Waals surface area contributed by atoms with E-state index in [0.29, 0.717) is 12.1 Å². The Morgan fingerprint density at radius 3 is 2.45 bits per heavy atom. The van der Waals surface area contributed by atoms with Gasteiger partial charge in [0.25, 0.3) is 0 Å². The molecule has 0 aliphatic carbocycles. The summed E-state index contributed by atoms with van der Waals surface area (Å²) in [4.78, 5) is 0. The van der Waals surface area contributed by atoms with Gasteiger partial charge in [0.1, 0.15) is 11.9 Å². The van der Waals surface area contributed by atoms with Gasteiger partial charge in [-0.05, 0) is 23.8 Å². The Kier molecular flexibility index (Phi) is 3.75. The van der Waals surface area contributed by atoms with E-state index in [1.807, 2.05) is 0 Å². The van der Waals surface area contributed by atoms with Crippen LogP contribution in [0.25, 0.3) is 0 Å². The summed E-state index contributed by atoms with van der Waals surface area (Å²) in [6, 6.07) is 1.86. The van der Waals surface area contributed by atoms with Crippen molar-refractivity contribution in [2.45, 2.75) is 12.3 Å². The summed E-state index contributed by atoms with van der Waals surface area (Å²) >= 11 is 5.80. The number of halogens is 5. The second-order valence-corrected chi connectivity index (χ2v) is 4.58. The van der Waals surface area contributed by atoms with Crippen molar-refractivity contribution in [1.82, 2.24) is 9.78 Å². The number of nitrogens with zero attached hydrogens (tertiary/aromatic N) is 2. The summed E-state index contributed by atoms with van der Waals surface area (Å²) in [7, 11) is 1.47. The highest BCUT2D eigenvalue weighted by atomic mass is 35.5. The molecular weight excluding hydrogens is 300 g/mol. The highest BCUT2D eigenvalue weighted by Crippen LogP contribution is 2.34. The molecule has 8 heteroatoms. The third-order valence-corrected chi connectivity index (χ3v) is 3.05. The van der Waals surface area contributed by atoms with Crippen LogP contribution in [0.5, 0.6) is 0 Å². The lowest BCUT2D eigenvalue weighted by atomic mass is 10.0. The molecule has 1 atom stereocenters. The molecule has 1 N–H and O–H groups in total. The summed E-state index contributed by atoms with van der Waals surface area (Å²) < 4.78 is 52.4. The molecule has 0 bridgehead atoms. The number of aryl methyl sites for hydroxylation is 1. The van der Waals surface area contributed by atoms with Gasteiger partial charge < -0.3 is 5.11 Å². The van der Waals surface area contributed by atoms with Crippen molar-refractivity contribution in [3.05, 3.63) is 52.1 Å². The van der Waals surface area contributed by atoms with Gasteiger partial charge in [-0.2, -0.15) is 18.3 Å². The predicted molar refractivity (Wildman–Crippen MR) is 63.7 cm³/mol. The van der Waals surface area contributed by atoms with Crippen molar-refractivity contribution >= 4 is 11.6 Å². The van der Waals surface area contributed by atoms with Gasteiger partial charge in [-0.15, -0.1) is 0 Å². The van der Waals surface area contributed by atoms with E-state index in [2.05, 4.69) is 5.10 Å².